The third-order valence-corrected chi connectivity index (χ3v) is 2.60. The Bertz CT molecular complexity index is 317. The fourth-order valence-corrected chi connectivity index (χ4v) is 1.52. The van der Waals surface area contributed by atoms with Crippen LogP contribution in [0.15, 0.2) is 12.2 Å². The zero-order valence-electron chi connectivity index (χ0n) is 9.49. The van der Waals surface area contributed by atoms with Crippen LogP contribution in [0.5, 0.6) is 0 Å². The molecule has 0 spiro atoms. The number of carbonyl (C=O) groups excluding carboxylic acids is 2. The minimum Gasteiger partial charge on any atom is -0.468 e. The van der Waals surface area contributed by atoms with Gasteiger partial charge in [0.1, 0.15) is 5.60 Å². The van der Waals surface area contributed by atoms with Gasteiger partial charge in [-0.15, -0.1) is 0 Å². The molecular formula is C11H16O4. The molecule has 0 aliphatic carbocycles. The minimum atomic E-state index is -1.26. The molecule has 1 unspecified atom stereocenters. The van der Waals surface area contributed by atoms with Crippen LogP contribution in [0.25, 0.3) is 0 Å². The molecule has 1 atom stereocenters. The zero-order chi connectivity index (χ0) is 11.7. The zero-order valence-corrected chi connectivity index (χ0v) is 9.49. The number of hydrogen-bond donors (Lipinski definition) is 0. The summed E-state index contributed by atoms with van der Waals surface area (Å²) < 4.78 is 9.81. The van der Waals surface area contributed by atoms with Crippen molar-refractivity contribution in [2.75, 3.05) is 7.11 Å². The van der Waals surface area contributed by atoms with E-state index in [0.29, 0.717) is 6.42 Å². The fourth-order valence-electron chi connectivity index (χ4n) is 1.52. The van der Waals surface area contributed by atoms with Crippen molar-refractivity contribution in [3.63, 3.8) is 0 Å². The Labute approximate surface area is 89.2 Å². The van der Waals surface area contributed by atoms with Crippen LogP contribution in [0.2, 0.25) is 0 Å². The molecular weight excluding hydrogens is 196 g/mol. The van der Waals surface area contributed by atoms with Crippen molar-refractivity contribution in [3.05, 3.63) is 12.2 Å². The second kappa shape index (κ2) is 3.68. The van der Waals surface area contributed by atoms with Gasteiger partial charge in [0.2, 0.25) is 0 Å². The van der Waals surface area contributed by atoms with E-state index in [2.05, 4.69) is 4.74 Å². The van der Waals surface area contributed by atoms with Gasteiger partial charge in [-0.3, -0.25) is 9.59 Å². The van der Waals surface area contributed by atoms with Crippen LogP contribution in [0, 0.1) is 5.41 Å². The maximum absolute atomic E-state index is 11.8. The van der Waals surface area contributed by atoms with Gasteiger partial charge in [0.15, 0.2) is 5.41 Å². The van der Waals surface area contributed by atoms with E-state index in [1.54, 1.807) is 32.9 Å². The molecule has 0 radical (unpaired) electrons. The lowest BCUT2D eigenvalue weighted by Gasteiger charge is -2.34. The number of rotatable bonds is 2. The molecule has 0 aromatic rings. The van der Waals surface area contributed by atoms with Crippen molar-refractivity contribution in [2.45, 2.75) is 32.8 Å². The Morgan fingerprint density at radius 3 is 2.47 bits per heavy atom. The van der Waals surface area contributed by atoms with Crippen molar-refractivity contribution in [1.82, 2.24) is 0 Å². The summed E-state index contributed by atoms with van der Waals surface area (Å²) >= 11 is 0. The number of cyclic esters (lactones) is 1. The highest BCUT2D eigenvalue weighted by atomic mass is 16.6. The molecule has 0 N–H and O–H groups in total. The molecule has 4 nitrogen and oxygen atoms in total. The number of hydrogen-bond acceptors (Lipinski definition) is 4. The van der Waals surface area contributed by atoms with Crippen LogP contribution in [-0.4, -0.2) is 24.6 Å². The molecule has 4 heteroatoms. The number of ether oxygens (including phenoxy) is 2. The average molecular weight is 212 g/mol. The van der Waals surface area contributed by atoms with Crippen LogP contribution in [0.1, 0.15) is 27.2 Å². The molecule has 1 heterocycles. The van der Waals surface area contributed by atoms with Gasteiger partial charge in [0.05, 0.1) is 7.11 Å². The monoisotopic (exact) mass is 212 g/mol. The van der Waals surface area contributed by atoms with E-state index in [9.17, 15) is 9.59 Å². The van der Waals surface area contributed by atoms with E-state index in [4.69, 9.17) is 4.74 Å². The predicted octanol–water partition coefficient (Wildman–Crippen LogP) is 1.45. The topological polar surface area (TPSA) is 52.6 Å². The first-order chi connectivity index (χ1) is 6.88. The summed E-state index contributed by atoms with van der Waals surface area (Å²) in [5.74, 6) is -1.11. The summed E-state index contributed by atoms with van der Waals surface area (Å²) in [6, 6.07) is 0. The second-order valence-corrected chi connectivity index (χ2v) is 4.14. The van der Waals surface area contributed by atoms with Crippen molar-refractivity contribution >= 4 is 11.9 Å². The molecule has 15 heavy (non-hydrogen) atoms. The third-order valence-electron chi connectivity index (χ3n) is 2.60. The first-order valence-electron chi connectivity index (χ1n) is 4.90. The highest BCUT2D eigenvalue weighted by Gasteiger charge is 2.49. The van der Waals surface area contributed by atoms with Gasteiger partial charge in [-0.25, -0.2) is 0 Å². The van der Waals surface area contributed by atoms with Gasteiger partial charge in [-0.1, -0.05) is 13.0 Å². The predicted molar refractivity (Wildman–Crippen MR) is 54.1 cm³/mol. The van der Waals surface area contributed by atoms with Crippen molar-refractivity contribution < 1.29 is 19.1 Å². The first kappa shape index (κ1) is 11.8. The molecule has 0 bridgehead atoms. The van der Waals surface area contributed by atoms with E-state index in [1.165, 1.54) is 7.11 Å². The summed E-state index contributed by atoms with van der Waals surface area (Å²) in [7, 11) is 1.26. The number of carbonyl (C=O) groups is 2. The summed E-state index contributed by atoms with van der Waals surface area (Å²) in [5, 5.41) is 0. The summed E-state index contributed by atoms with van der Waals surface area (Å²) in [6.45, 7) is 5.28. The fraction of sp³-hybridized carbons (Fsp3) is 0.636. The van der Waals surface area contributed by atoms with Gasteiger partial charge < -0.3 is 9.47 Å². The standard InChI is InChI=1S/C11H16O4/c1-5-11(8(12)14-4)7-6-10(2,3)15-9(11)13/h6-7H,5H2,1-4H3. The Hall–Kier alpha value is -1.32. The molecule has 0 aromatic carbocycles. The van der Waals surface area contributed by atoms with Gasteiger partial charge in [-0.05, 0) is 26.3 Å². The van der Waals surface area contributed by atoms with Crippen LogP contribution in [0.4, 0.5) is 0 Å². The molecule has 1 aliphatic heterocycles. The molecule has 0 aromatic heterocycles. The van der Waals surface area contributed by atoms with Gasteiger partial charge in [0.25, 0.3) is 0 Å². The smallest absolute Gasteiger partial charge is 0.328 e. The maximum atomic E-state index is 11.8. The van der Waals surface area contributed by atoms with Gasteiger partial charge >= 0.3 is 11.9 Å². The molecule has 0 saturated carbocycles. The Morgan fingerprint density at radius 2 is 2.07 bits per heavy atom. The lowest BCUT2D eigenvalue weighted by molar-refractivity contribution is -0.175. The lowest BCUT2D eigenvalue weighted by atomic mass is 9.81. The van der Waals surface area contributed by atoms with Crippen molar-refractivity contribution in [1.29, 1.82) is 0 Å². The Balaban J connectivity index is 3.12. The molecule has 84 valence electrons. The van der Waals surface area contributed by atoms with Crippen LogP contribution in [-0.2, 0) is 19.1 Å². The third kappa shape index (κ3) is 1.89. The van der Waals surface area contributed by atoms with Crippen molar-refractivity contribution in [2.24, 2.45) is 5.41 Å². The van der Waals surface area contributed by atoms with E-state index in [-0.39, 0.29) is 0 Å². The molecule has 0 fully saturated rings. The quantitative estimate of drug-likeness (QED) is 0.395. The first-order valence-corrected chi connectivity index (χ1v) is 4.90. The number of methoxy groups -OCH3 is 1. The lowest BCUT2D eigenvalue weighted by Crippen LogP contribution is -2.46. The largest absolute Gasteiger partial charge is 0.468 e. The second-order valence-electron chi connectivity index (χ2n) is 4.14. The normalized spacial score (nSPS) is 28.4. The van der Waals surface area contributed by atoms with Crippen LogP contribution < -0.4 is 0 Å². The summed E-state index contributed by atoms with van der Waals surface area (Å²) in [4.78, 5) is 23.4. The van der Waals surface area contributed by atoms with Crippen LogP contribution in [0.3, 0.4) is 0 Å². The van der Waals surface area contributed by atoms with Crippen molar-refractivity contribution in [3.8, 4) is 0 Å². The highest BCUT2D eigenvalue weighted by molar-refractivity contribution is 6.03. The van der Waals surface area contributed by atoms with E-state index in [1.807, 2.05) is 0 Å². The molecule has 0 saturated heterocycles. The summed E-state index contributed by atoms with van der Waals surface area (Å²) in [5.41, 5.74) is -1.91. The Morgan fingerprint density at radius 1 is 1.47 bits per heavy atom. The van der Waals surface area contributed by atoms with Crippen LogP contribution >= 0.6 is 0 Å². The highest BCUT2D eigenvalue weighted by Crippen LogP contribution is 2.35. The number of esters is 2. The maximum Gasteiger partial charge on any atom is 0.328 e. The molecule has 1 rings (SSSR count). The molecule has 0 amide bonds. The Kier molecular flexibility index (Phi) is 2.88. The summed E-state index contributed by atoms with van der Waals surface area (Å²) in [6.07, 6.45) is 3.64. The average Bonchev–Trinajstić information content (AvgIpc) is 2.17. The van der Waals surface area contributed by atoms with Gasteiger partial charge in [0, 0.05) is 0 Å². The van der Waals surface area contributed by atoms with Gasteiger partial charge in [-0.2, -0.15) is 0 Å². The minimum absolute atomic E-state index is 0.338. The van der Waals surface area contributed by atoms with E-state index < -0.39 is 23.0 Å². The molecule has 1 aliphatic rings. The van der Waals surface area contributed by atoms with E-state index >= 15 is 0 Å². The SMILES string of the molecule is CCC1(C(=O)OC)C=CC(C)(C)OC1=O. The van der Waals surface area contributed by atoms with E-state index in [0.717, 1.165) is 0 Å².